The van der Waals surface area contributed by atoms with Crippen molar-refractivity contribution in [2.24, 2.45) is 0 Å². The van der Waals surface area contributed by atoms with Crippen LogP contribution in [0.2, 0.25) is 5.15 Å². The molecule has 0 aliphatic rings. The van der Waals surface area contributed by atoms with Crippen molar-refractivity contribution < 1.29 is 4.39 Å². The van der Waals surface area contributed by atoms with E-state index in [9.17, 15) is 9.18 Å². The van der Waals surface area contributed by atoms with Crippen LogP contribution in [0.5, 0.6) is 0 Å². The Kier molecular flexibility index (Phi) is 3.20. The highest BCUT2D eigenvalue weighted by atomic mass is 35.5. The number of hydrogen-bond acceptors (Lipinski definition) is 2. The second-order valence-corrected chi connectivity index (χ2v) is 4.87. The average molecular weight is 309 g/mol. The fraction of sp³-hybridized carbons (Fsp3) is 0. The van der Waals surface area contributed by atoms with Gasteiger partial charge in [0.25, 0.3) is 0 Å². The lowest BCUT2D eigenvalue weighted by atomic mass is 10.1. The summed E-state index contributed by atoms with van der Waals surface area (Å²) < 4.78 is 14.2. The van der Waals surface area contributed by atoms with Crippen molar-refractivity contribution in [1.82, 2.24) is 9.07 Å². The Labute approximate surface area is 123 Å². The molecule has 0 aliphatic carbocycles. The van der Waals surface area contributed by atoms with E-state index in [1.165, 1.54) is 40.7 Å². The third kappa shape index (κ3) is 1.97. The van der Waals surface area contributed by atoms with Crippen LogP contribution in [0.25, 0.3) is 22.0 Å². The molecule has 0 N–H and O–H groups in total. The van der Waals surface area contributed by atoms with Gasteiger partial charge in [0.2, 0.25) is 0 Å². The van der Waals surface area contributed by atoms with Gasteiger partial charge in [-0.3, -0.25) is 9.78 Å². The van der Waals surface area contributed by atoms with Crippen molar-refractivity contribution >= 4 is 34.3 Å². The Morgan fingerprint density at radius 3 is 2.55 bits per heavy atom. The number of benzene rings is 1. The minimum Gasteiger partial charge on any atom is -0.288 e. The zero-order chi connectivity index (χ0) is 14.3. The average Bonchev–Trinajstić information content (AvgIpc) is 2.47. The first-order valence-electron chi connectivity index (χ1n) is 5.70. The zero-order valence-electron chi connectivity index (χ0n) is 9.98. The first-order chi connectivity index (χ1) is 9.59. The lowest BCUT2D eigenvalue weighted by Gasteiger charge is -2.10. The van der Waals surface area contributed by atoms with Gasteiger partial charge >= 0.3 is 0 Å². The number of nitrogens with zero attached hydrogens (tertiary/aromatic N) is 2. The van der Waals surface area contributed by atoms with Crippen LogP contribution in [0, 0.1) is 5.82 Å². The maximum atomic E-state index is 13.0. The summed E-state index contributed by atoms with van der Waals surface area (Å²) >= 11 is 12.3. The molecule has 0 saturated carbocycles. The molecule has 0 unspecified atom stereocenters. The van der Waals surface area contributed by atoms with Gasteiger partial charge in [-0.25, -0.2) is 8.48 Å². The SMILES string of the molecule is O=c1c(-c2ccc(F)cc2)c(Cl)n(Cl)c2ccncc12. The van der Waals surface area contributed by atoms with Crippen molar-refractivity contribution in [1.29, 1.82) is 0 Å². The van der Waals surface area contributed by atoms with Crippen molar-refractivity contribution in [3.8, 4) is 11.1 Å². The maximum absolute atomic E-state index is 13.0. The first kappa shape index (κ1) is 13.1. The second-order valence-electron chi connectivity index (χ2n) is 4.18. The van der Waals surface area contributed by atoms with Gasteiger partial charge in [-0.05, 0) is 23.8 Å². The Morgan fingerprint density at radius 1 is 1.15 bits per heavy atom. The van der Waals surface area contributed by atoms with Crippen LogP contribution in [0.3, 0.4) is 0 Å². The van der Waals surface area contributed by atoms with Gasteiger partial charge in [-0.15, -0.1) is 0 Å². The predicted octanol–water partition coefficient (Wildman–Crippen LogP) is 3.86. The second kappa shape index (κ2) is 4.89. The minimum atomic E-state index is -0.390. The standard InChI is InChI=1S/C14H7Cl2FN2O/c15-14-12(8-1-3-9(17)4-2-8)13(20)10-7-18-6-5-11(10)19(14)16/h1-7H. The van der Waals surface area contributed by atoms with Crippen molar-refractivity contribution in [3.63, 3.8) is 0 Å². The lowest BCUT2D eigenvalue weighted by Crippen LogP contribution is -2.10. The van der Waals surface area contributed by atoms with E-state index in [1.54, 1.807) is 6.07 Å². The molecule has 1 aromatic carbocycles. The molecule has 2 heterocycles. The summed E-state index contributed by atoms with van der Waals surface area (Å²) in [4.78, 5) is 16.4. The van der Waals surface area contributed by atoms with E-state index in [1.807, 2.05) is 0 Å². The molecule has 0 atom stereocenters. The fourth-order valence-electron chi connectivity index (χ4n) is 2.03. The molecule has 0 amide bonds. The van der Waals surface area contributed by atoms with E-state index in [-0.39, 0.29) is 16.1 Å². The normalized spacial score (nSPS) is 10.9. The molecule has 100 valence electrons. The summed E-state index contributed by atoms with van der Waals surface area (Å²) in [5.74, 6) is -0.390. The van der Waals surface area contributed by atoms with Crippen LogP contribution in [0.15, 0.2) is 47.5 Å². The molecule has 20 heavy (non-hydrogen) atoms. The van der Waals surface area contributed by atoms with Crippen molar-refractivity contribution in [2.75, 3.05) is 0 Å². The monoisotopic (exact) mass is 308 g/mol. The molecule has 0 fully saturated rings. The third-order valence-corrected chi connectivity index (χ3v) is 3.79. The molecule has 3 rings (SSSR count). The highest BCUT2D eigenvalue weighted by Gasteiger charge is 2.16. The van der Waals surface area contributed by atoms with Gasteiger partial charge in [-0.2, -0.15) is 0 Å². The van der Waals surface area contributed by atoms with Crippen LogP contribution in [-0.2, 0) is 0 Å². The largest absolute Gasteiger partial charge is 0.288 e. The van der Waals surface area contributed by atoms with Crippen LogP contribution in [-0.4, -0.2) is 9.07 Å². The number of rotatable bonds is 1. The zero-order valence-corrected chi connectivity index (χ0v) is 11.5. The van der Waals surface area contributed by atoms with Gasteiger partial charge in [-0.1, -0.05) is 23.7 Å². The molecule has 0 bridgehead atoms. The Bertz CT molecular complexity index is 859. The molecule has 3 aromatic rings. The van der Waals surface area contributed by atoms with Gasteiger partial charge in [0.15, 0.2) is 5.43 Å². The third-order valence-electron chi connectivity index (χ3n) is 2.99. The van der Waals surface area contributed by atoms with Gasteiger partial charge in [0.1, 0.15) is 11.0 Å². The smallest absolute Gasteiger partial charge is 0.200 e. The highest BCUT2D eigenvalue weighted by Crippen LogP contribution is 2.29. The van der Waals surface area contributed by atoms with E-state index in [0.29, 0.717) is 16.5 Å². The molecular formula is C14H7Cl2FN2O. The summed E-state index contributed by atoms with van der Waals surface area (Å²) in [7, 11) is 0. The van der Waals surface area contributed by atoms with Crippen LogP contribution in [0.1, 0.15) is 0 Å². The number of halogens is 3. The quantitative estimate of drug-likeness (QED) is 0.640. The van der Waals surface area contributed by atoms with E-state index >= 15 is 0 Å². The first-order valence-corrected chi connectivity index (χ1v) is 6.41. The molecular weight excluding hydrogens is 302 g/mol. The number of aromatic nitrogens is 2. The van der Waals surface area contributed by atoms with Gasteiger partial charge in [0.05, 0.1) is 16.5 Å². The van der Waals surface area contributed by atoms with Crippen molar-refractivity contribution in [3.05, 3.63) is 63.9 Å². The Balaban J connectivity index is 2.42. The number of fused-ring (bicyclic) bond motifs is 1. The van der Waals surface area contributed by atoms with Crippen LogP contribution in [0.4, 0.5) is 4.39 Å². The lowest BCUT2D eigenvalue weighted by molar-refractivity contribution is 0.628. The number of hydrogen-bond donors (Lipinski definition) is 0. The molecule has 0 aliphatic heterocycles. The van der Waals surface area contributed by atoms with Gasteiger partial charge in [0, 0.05) is 24.2 Å². The summed E-state index contributed by atoms with van der Waals surface area (Å²) in [6.45, 7) is 0. The topological polar surface area (TPSA) is 34.9 Å². The molecule has 0 saturated heterocycles. The molecule has 6 heteroatoms. The van der Waals surface area contributed by atoms with E-state index in [4.69, 9.17) is 23.4 Å². The predicted molar refractivity (Wildman–Crippen MR) is 77.7 cm³/mol. The minimum absolute atomic E-state index is 0.0852. The van der Waals surface area contributed by atoms with E-state index in [0.717, 1.165) is 0 Å². The van der Waals surface area contributed by atoms with E-state index in [2.05, 4.69) is 4.98 Å². The molecule has 0 radical (unpaired) electrons. The van der Waals surface area contributed by atoms with Crippen LogP contribution < -0.4 is 5.43 Å². The highest BCUT2D eigenvalue weighted by molar-refractivity contribution is 6.36. The maximum Gasteiger partial charge on any atom is 0.200 e. The molecule has 3 nitrogen and oxygen atoms in total. The molecule has 2 aromatic heterocycles. The van der Waals surface area contributed by atoms with Crippen molar-refractivity contribution in [2.45, 2.75) is 0 Å². The summed E-state index contributed by atoms with van der Waals surface area (Å²) in [5, 5.41) is 0.438. The Morgan fingerprint density at radius 2 is 1.85 bits per heavy atom. The summed E-state index contributed by atoms with van der Waals surface area (Å²) in [6, 6.07) is 7.09. The van der Waals surface area contributed by atoms with E-state index < -0.39 is 5.82 Å². The van der Waals surface area contributed by atoms with Crippen LogP contribution >= 0.6 is 23.4 Å². The molecule has 0 spiro atoms. The number of pyridine rings is 2. The van der Waals surface area contributed by atoms with Gasteiger partial charge < -0.3 is 0 Å². The Hall–Kier alpha value is -1.91. The summed E-state index contributed by atoms with van der Waals surface area (Å²) in [6.07, 6.45) is 2.95. The summed E-state index contributed by atoms with van der Waals surface area (Å²) in [5.41, 5.74) is 0.910. The fourth-order valence-corrected chi connectivity index (χ4v) is 2.55.